The van der Waals surface area contributed by atoms with Crippen LogP contribution < -0.4 is 0 Å². The summed E-state index contributed by atoms with van der Waals surface area (Å²) in [6.45, 7) is 6.20. The van der Waals surface area contributed by atoms with Gasteiger partial charge < -0.3 is 4.57 Å². The van der Waals surface area contributed by atoms with E-state index in [4.69, 9.17) is 16.6 Å². The minimum Gasteiger partial charge on any atom is -0.319 e. The van der Waals surface area contributed by atoms with Crippen LogP contribution in [0.5, 0.6) is 0 Å². The molecule has 0 amide bonds. The minimum absolute atomic E-state index is 0.140. The predicted molar refractivity (Wildman–Crippen MR) is 86.8 cm³/mol. The maximum atomic E-state index is 6.36. The Kier molecular flexibility index (Phi) is 3.68. The van der Waals surface area contributed by atoms with Gasteiger partial charge in [-0.05, 0) is 44.0 Å². The first kappa shape index (κ1) is 14.1. The number of hydrogen-bond donors (Lipinski definition) is 0. The molecule has 21 heavy (non-hydrogen) atoms. The van der Waals surface area contributed by atoms with Crippen molar-refractivity contribution in [2.75, 3.05) is 0 Å². The van der Waals surface area contributed by atoms with Crippen molar-refractivity contribution < 1.29 is 0 Å². The van der Waals surface area contributed by atoms with Gasteiger partial charge in [0.2, 0.25) is 0 Å². The molecule has 0 radical (unpaired) electrons. The molecule has 2 unspecified atom stereocenters. The monoisotopic (exact) mass is 299 g/mol. The van der Waals surface area contributed by atoms with Crippen LogP contribution in [0.4, 0.5) is 0 Å². The maximum Gasteiger partial charge on any atom is 0.128 e. The number of nitrogens with zero attached hydrogens (tertiary/aromatic N) is 3. The summed E-state index contributed by atoms with van der Waals surface area (Å²) >= 11 is 6.36. The average Bonchev–Trinajstić information content (AvgIpc) is 2.88. The van der Waals surface area contributed by atoms with Crippen LogP contribution in [0.25, 0.3) is 11.0 Å². The summed E-state index contributed by atoms with van der Waals surface area (Å²) in [5.74, 6) is 0.900. The van der Waals surface area contributed by atoms with E-state index in [0.29, 0.717) is 0 Å². The average molecular weight is 300 g/mol. The fourth-order valence-corrected chi connectivity index (χ4v) is 2.89. The number of para-hydroxylation sites is 1. The van der Waals surface area contributed by atoms with Crippen molar-refractivity contribution in [2.24, 2.45) is 0 Å². The van der Waals surface area contributed by atoms with Crippen LogP contribution in [0.1, 0.15) is 42.2 Å². The number of pyridine rings is 1. The van der Waals surface area contributed by atoms with E-state index in [1.165, 1.54) is 5.56 Å². The van der Waals surface area contributed by atoms with Crippen molar-refractivity contribution in [1.29, 1.82) is 0 Å². The molecule has 4 heteroatoms. The Morgan fingerprint density at radius 2 is 1.95 bits per heavy atom. The second-order valence-electron chi connectivity index (χ2n) is 5.36. The zero-order valence-corrected chi connectivity index (χ0v) is 13.2. The number of halogens is 1. The molecule has 0 saturated carbocycles. The third kappa shape index (κ3) is 2.42. The van der Waals surface area contributed by atoms with E-state index >= 15 is 0 Å². The van der Waals surface area contributed by atoms with E-state index in [2.05, 4.69) is 47.7 Å². The molecule has 0 aliphatic rings. The van der Waals surface area contributed by atoms with Gasteiger partial charge in [-0.1, -0.05) is 18.2 Å². The summed E-state index contributed by atoms with van der Waals surface area (Å²) in [6.07, 6.45) is 3.69. The molecule has 0 spiro atoms. The highest BCUT2D eigenvalue weighted by molar-refractivity contribution is 6.20. The number of alkyl halides is 1. The largest absolute Gasteiger partial charge is 0.319 e. The molecular formula is C17H18ClN3. The quantitative estimate of drug-likeness (QED) is 0.659. The van der Waals surface area contributed by atoms with E-state index in [1.54, 1.807) is 6.20 Å². The summed E-state index contributed by atoms with van der Waals surface area (Å²) in [5, 5.41) is -0.143. The molecule has 0 N–H and O–H groups in total. The fraction of sp³-hybridized carbons (Fsp3) is 0.294. The number of rotatable bonds is 3. The molecule has 108 valence electrons. The number of aromatic nitrogens is 3. The van der Waals surface area contributed by atoms with Gasteiger partial charge in [-0.3, -0.25) is 4.98 Å². The molecule has 0 saturated heterocycles. The number of fused-ring (bicyclic) bond motifs is 1. The Morgan fingerprint density at radius 1 is 1.14 bits per heavy atom. The Morgan fingerprint density at radius 3 is 2.62 bits per heavy atom. The lowest BCUT2D eigenvalue weighted by Gasteiger charge is -2.18. The molecule has 2 heterocycles. The Labute approximate surface area is 129 Å². The van der Waals surface area contributed by atoms with Gasteiger partial charge in [-0.15, -0.1) is 11.6 Å². The highest BCUT2D eigenvalue weighted by Gasteiger charge is 2.20. The number of aryl methyl sites for hydroxylation is 1. The first-order chi connectivity index (χ1) is 10.1. The van der Waals surface area contributed by atoms with Gasteiger partial charge in [0.1, 0.15) is 5.82 Å². The standard InChI is InChI=1S/C17H18ClN3/c1-11-6-4-8-15-16(11)20-17(12(2)18)21(15)13(3)14-7-5-9-19-10-14/h4-10,12-13H,1-3H3. The van der Waals surface area contributed by atoms with Gasteiger partial charge >= 0.3 is 0 Å². The van der Waals surface area contributed by atoms with Crippen molar-refractivity contribution >= 4 is 22.6 Å². The normalized spacial score (nSPS) is 14.3. The molecule has 2 atom stereocenters. The summed E-state index contributed by atoms with van der Waals surface area (Å²) in [7, 11) is 0. The van der Waals surface area contributed by atoms with Crippen molar-refractivity contribution in [2.45, 2.75) is 32.2 Å². The molecule has 0 fully saturated rings. The van der Waals surface area contributed by atoms with E-state index in [0.717, 1.165) is 22.4 Å². The minimum atomic E-state index is -0.143. The number of benzene rings is 1. The summed E-state index contributed by atoms with van der Waals surface area (Å²) in [5.41, 5.74) is 4.46. The molecule has 0 aliphatic heterocycles. The highest BCUT2D eigenvalue weighted by atomic mass is 35.5. The van der Waals surface area contributed by atoms with E-state index < -0.39 is 0 Å². The zero-order chi connectivity index (χ0) is 15.0. The Hall–Kier alpha value is -1.87. The maximum absolute atomic E-state index is 6.36. The fourth-order valence-electron chi connectivity index (χ4n) is 2.73. The summed E-state index contributed by atoms with van der Waals surface area (Å²) in [6, 6.07) is 10.4. The first-order valence-electron chi connectivity index (χ1n) is 7.11. The molecular weight excluding hydrogens is 282 g/mol. The Bertz CT molecular complexity index is 762. The first-order valence-corrected chi connectivity index (χ1v) is 7.54. The van der Waals surface area contributed by atoms with E-state index in [1.807, 2.05) is 19.2 Å². The SMILES string of the molecule is Cc1cccc2c1nc(C(C)Cl)n2C(C)c1cccnc1. The summed E-state index contributed by atoms with van der Waals surface area (Å²) < 4.78 is 2.22. The molecule has 1 aromatic carbocycles. The lowest BCUT2D eigenvalue weighted by Crippen LogP contribution is -2.11. The van der Waals surface area contributed by atoms with E-state index in [-0.39, 0.29) is 11.4 Å². The molecule has 0 aliphatic carbocycles. The van der Waals surface area contributed by atoms with Crippen LogP contribution in [0.3, 0.4) is 0 Å². The predicted octanol–water partition coefficient (Wildman–Crippen LogP) is 4.65. The smallest absolute Gasteiger partial charge is 0.128 e. The molecule has 3 rings (SSSR count). The van der Waals surface area contributed by atoms with Crippen LogP contribution >= 0.6 is 11.6 Å². The van der Waals surface area contributed by atoms with Crippen molar-refractivity contribution in [3.05, 3.63) is 59.7 Å². The molecule has 3 aromatic rings. The van der Waals surface area contributed by atoms with Gasteiger partial charge in [0.25, 0.3) is 0 Å². The third-order valence-corrected chi connectivity index (χ3v) is 4.05. The second kappa shape index (κ2) is 5.49. The number of imidazole rings is 1. The molecule has 2 aromatic heterocycles. The van der Waals surface area contributed by atoms with Gasteiger partial charge in [-0.2, -0.15) is 0 Å². The van der Waals surface area contributed by atoms with Gasteiger partial charge in [-0.25, -0.2) is 4.98 Å². The summed E-state index contributed by atoms with van der Waals surface area (Å²) in [4.78, 5) is 8.99. The third-order valence-electron chi connectivity index (χ3n) is 3.86. The van der Waals surface area contributed by atoms with Crippen molar-refractivity contribution in [3.8, 4) is 0 Å². The van der Waals surface area contributed by atoms with Crippen LogP contribution in [0, 0.1) is 6.92 Å². The molecule has 3 nitrogen and oxygen atoms in total. The van der Waals surface area contributed by atoms with Gasteiger partial charge in [0.05, 0.1) is 22.5 Å². The topological polar surface area (TPSA) is 30.7 Å². The van der Waals surface area contributed by atoms with Crippen molar-refractivity contribution in [3.63, 3.8) is 0 Å². The van der Waals surface area contributed by atoms with Crippen molar-refractivity contribution in [1.82, 2.24) is 14.5 Å². The highest BCUT2D eigenvalue weighted by Crippen LogP contribution is 2.31. The molecule has 0 bridgehead atoms. The van der Waals surface area contributed by atoms with Gasteiger partial charge in [0.15, 0.2) is 0 Å². The van der Waals surface area contributed by atoms with Gasteiger partial charge in [0, 0.05) is 12.4 Å². The Balaban J connectivity index is 2.25. The van der Waals surface area contributed by atoms with E-state index in [9.17, 15) is 0 Å². The van der Waals surface area contributed by atoms with Crippen LogP contribution in [-0.2, 0) is 0 Å². The van der Waals surface area contributed by atoms with Crippen LogP contribution in [0.2, 0.25) is 0 Å². The zero-order valence-electron chi connectivity index (χ0n) is 12.4. The lowest BCUT2D eigenvalue weighted by atomic mass is 10.1. The van der Waals surface area contributed by atoms with Crippen LogP contribution in [-0.4, -0.2) is 14.5 Å². The second-order valence-corrected chi connectivity index (χ2v) is 6.02. The number of hydrogen-bond acceptors (Lipinski definition) is 2. The van der Waals surface area contributed by atoms with Crippen LogP contribution in [0.15, 0.2) is 42.7 Å². The lowest BCUT2D eigenvalue weighted by molar-refractivity contribution is 0.616.